The van der Waals surface area contributed by atoms with Crippen molar-refractivity contribution in [3.63, 3.8) is 0 Å². The molecule has 0 bridgehead atoms. The average Bonchev–Trinajstić information content (AvgIpc) is 3.19. The van der Waals surface area contributed by atoms with Gasteiger partial charge in [-0.1, -0.05) is 42.5 Å². The Hall–Kier alpha value is -3.54. The Morgan fingerprint density at radius 1 is 0.857 bits per heavy atom. The fourth-order valence-corrected chi connectivity index (χ4v) is 4.12. The van der Waals surface area contributed by atoms with E-state index in [-0.39, 0.29) is 11.3 Å². The average molecular weight is 513 g/mol. The summed E-state index contributed by atoms with van der Waals surface area (Å²) in [5.74, 6) is 0.514. The predicted octanol–water partition coefficient (Wildman–Crippen LogP) is 6.30. The van der Waals surface area contributed by atoms with E-state index in [0.29, 0.717) is 40.8 Å². The van der Waals surface area contributed by atoms with Gasteiger partial charge < -0.3 is 4.98 Å². The van der Waals surface area contributed by atoms with Crippen molar-refractivity contribution in [2.45, 2.75) is 24.5 Å². The van der Waals surface area contributed by atoms with Gasteiger partial charge in [0.05, 0.1) is 22.3 Å². The molecule has 4 rings (SSSR count). The number of nitrogens with zero attached hydrogens (tertiary/aromatic N) is 1. The van der Waals surface area contributed by atoms with Crippen LogP contribution in [0.25, 0.3) is 22.2 Å². The topological polar surface area (TPSA) is 74.8 Å². The highest BCUT2D eigenvalue weighted by Gasteiger charge is 2.46. The summed E-state index contributed by atoms with van der Waals surface area (Å²) in [7, 11) is -5.61. The Kier molecular flexibility index (Phi) is 6.26. The zero-order valence-corrected chi connectivity index (χ0v) is 18.5. The van der Waals surface area contributed by atoms with Crippen LogP contribution in [0.3, 0.4) is 0 Å². The number of para-hydroxylation sites is 1. The standard InChI is InChI=1S/C23H17F6N3O2S/c24-22(25,26)16-5-3-4-14(12-16)8-11-21-30-19-10-9-15(13-20(19)31-21)17-6-1-2-7-18(17)32-35(33,34)23(27,28)29/h1-7,9-10,12-13,32H,8,11H2,(H,30,31). The number of anilines is 1. The Bertz CT molecular complexity index is 1480. The molecule has 0 atom stereocenters. The lowest BCUT2D eigenvalue weighted by molar-refractivity contribution is -0.137. The summed E-state index contributed by atoms with van der Waals surface area (Å²) >= 11 is 0. The van der Waals surface area contributed by atoms with Crippen molar-refractivity contribution in [3.05, 3.63) is 83.7 Å². The zero-order valence-electron chi connectivity index (χ0n) is 17.7. The van der Waals surface area contributed by atoms with E-state index in [0.717, 1.165) is 12.1 Å². The molecule has 0 fully saturated rings. The number of H-pyrrole nitrogens is 1. The summed E-state index contributed by atoms with van der Waals surface area (Å²) < 4.78 is 102. The summed E-state index contributed by atoms with van der Waals surface area (Å²) in [6.07, 6.45) is -3.80. The minimum Gasteiger partial charge on any atom is -0.342 e. The molecule has 0 aliphatic rings. The molecule has 0 radical (unpaired) electrons. The third kappa shape index (κ3) is 5.42. The first kappa shape index (κ1) is 24.6. The molecule has 0 saturated carbocycles. The van der Waals surface area contributed by atoms with Crippen LogP contribution in [-0.4, -0.2) is 23.9 Å². The van der Waals surface area contributed by atoms with Crippen molar-refractivity contribution in [2.24, 2.45) is 0 Å². The molecule has 0 aliphatic heterocycles. The van der Waals surface area contributed by atoms with Gasteiger partial charge in [0.2, 0.25) is 0 Å². The lowest BCUT2D eigenvalue weighted by Gasteiger charge is -2.14. The monoisotopic (exact) mass is 513 g/mol. The van der Waals surface area contributed by atoms with Gasteiger partial charge in [0.15, 0.2) is 0 Å². The number of imidazole rings is 1. The zero-order chi connectivity index (χ0) is 25.4. The molecule has 1 heterocycles. The van der Waals surface area contributed by atoms with Crippen LogP contribution in [-0.2, 0) is 29.0 Å². The molecular formula is C23H17F6N3O2S. The van der Waals surface area contributed by atoms with Gasteiger partial charge in [0.1, 0.15) is 5.82 Å². The second-order valence-electron chi connectivity index (χ2n) is 7.71. The van der Waals surface area contributed by atoms with Crippen LogP contribution in [0.5, 0.6) is 0 Å². The second-order valence-corrected chi connectivity index (χ2v) is 9.38. The van der Waals surface area contributed by atoms with Gasteiger partial charge in [0, 0.05) is 12.0 Å². The molecule has 3 aromatic carbocycles. The third-order valence-corrected chi connectivity index (χ3v) is 6.32. The van der Waals surface area contributed by atoms with E-state index in [9.17, 15) is 34.8 Å². The van der Waals surface area contributed by atoms with Crippen molar-refractivity contribution in [3.8, 4) is 11.1 Å². The Labute approximate surface area is 195 Å². The van der Waals surface area contributed by atoms with E-state index in [2.05, 4.69) is 9.97 Å². The van der Waals surface area contributed by atoms with E-state index in [1.54, 1.807) is 35.1 Å². The number of aromatic nitrogens is 2. The van der Waals surface area contributed by atoms with Gasteiger partial charge in [-0.05, 0) is 41.8 Å². The number of benzene rings is 3. The van der Waals surface area contributed by atoms with E-state index in [1.165, 1.54) is 24.3 Å². The summed E-state index contributed by atoms with van der Waals surface area (Å²) in [6, 6.07) is 15.5. The van der Waals surface area contributed by atoms with Crippen LogP contribution in [0.1, 0.15) is 17.0 Å². The van der Waals surface area contributed by atoms with Crippen LogP contribution in [0.2, 0.25) is 0 Å². The molecule has 0 amide bonds. The predicted molar refractivity (Wildman–Crippen MR) is 119 cm³/mol. The number of aromatic amines is 1. The first-order chi connectivity index (χ1) is 16.3. The van der Waals surface area contributed by atoms with Crippen molar-refractivity contribution >= 4 is 26.7 Å². The SMILES string of the molecule is O=S(=O)(Nc1ccccc1-c1ccc2nc(CCc3cccc(C(F)(F)F)c3)[nH]c2c1)C(F)(F)F. The van der Waals surface area contributed by atoms with Gasteiger partial charge in [-0.3, -0.25) is 4.72 Å². The number of hydrogen-bond acceptors (Lipinski definition) is 3. The maximum absolute atomic E-state index is 12.9. The number of alkyl halides is 6. The highest BCUT2D eigenvalue weighted by molar-refractivity contribution is 7.93. The number of fused-ring (bicyclic) bond motifs is 1. The van der Waals surface area contributed by atoms with Crippen molar-refractivity contribution in [1.29, 1.82) is 0 Å². The van der Waals surface area contributed by atoms with Crippen LogP contribution >= 0.6 is 0 Å². The molecule has 2 N–H and O–H groups in total. The number of hydrogen-bond donors (Lipinski definition) is 2. The van der Waals surface area contributed by atoms with Crippen molar-refractivity contribution in [1.82, 2.24) is 9.97 Å². The number of aryl methyl sites for hydroxylation is 2. The van der Waals surface area contributed by atoms with Crippen molar-refractivity contribution < 1.29 is 34.8 Å². The summed E-state index contributed by atoms with van der Waals surface area (Å²) in [5, 5.41) is 0. The maximum Gasteiger partial charge on any atom is 0.516 e. The highest BCUT2D eigenvalue weighted by Crippen LogP contribution is 2.33. The summed E-state index contributed by atoms with van der Waals surface area (Å²) in [4.78, 5) is 7.47. The molecule has 0 spiro atoms. The number of halogens is 6. The molecule has 35 heavy (non-hydrogen) atoms. The lowest BCUT2D eigenvalue weighted by atomic mass is 10.0. The molecule has 5 nitrogen and oxygen atoms in total. The first-order valence-electron chi connectivity index (χ1n) is 10.2. The van der Waals surface area contributed by atoms with E-state index in [1.807, 2.05) is 0 Å². The Balaban J connectivity index is 1.58. The van der Waals surface area contributed by atoms with Crippen LogP contribution < -0.4 is 4.72 Å². The smallest absolute Gasteiger partial charge is 0.342 e. The summed E-state index contributed by atoms with van der Waals surface area (Å²) in [5.41, 5.74) is -4.21. The second kappa shape index (κ2) is 8.91. The minimum atomic E-state index is -5.61. The van der Waals surface area contributed by atoms with E-state index >= 15 is 0 Å². The largest absolute Gasteiger partial charge is 0.516 e. The van der Waals surface area contributed by atoms with Crippen LogP contribution in [0.15, 0.2) is 66.7 Å². The first-order valence-corrected chi connectivity index (χ1v) is 11.6. The molecule has 1 aromatic heterocycles. The fourth-order valence-electron chi connectivity index (χ4n) is 3.54. The molecule has 0 aliphatic carbocycles. The summed E-state index contributed by atoms with van der Waals surface area (Å²) in [6.45, 7) is 0. The van der Waals surface area contributed by atoms with Gasteiger partial charge in [-0.2, -0.15) is 34.8 Å². The maximum atomic E-state index is 12.9. The molecule has 4 aromatic rings. The molecule has 0 saturated heterocycles. The third-order valence-electron chi connectivity index (χ3n) is 5.22. The van der Waals surface area contributed by atoms with Gasteiger partial charge >= 0.3 is 21.7 Å². The van der Waals surface area contributed by atoms with Crippen LogP contribution in [0.4, 0.5) is 32.0 Å². The number of sulfonamides is 1. The fraction of sp³-hybridized carbons (Fsp3) is 0.174. The highest BCUT2D eigenvalue weighted by atomic mass is 32.2. The number of rotatable bonds is 6. The van der Waals surface area contributed by atoms with E-state index in [4.69, 9.17) is 0 Å². The number of nitrogens with one attached hydrogen (secondary N) is 2. The van der Waals surface area contributed by atoms with Crippen molar-refractivity contribution in [2.75, 3.05) is 4.72 Å². The molecular weight excluding hydrogens is 496 g/mol. The minimum absolute atomic E-state index is 0.224. The Morgan fingerprint density at radius 3 is 2.31 bits per heavy atom. The molecule has 12 heteroatoms. The normalized spacial score (nSPS) is 12.7. The van der Waals surface area contributed by atoms with Gasteiger partial charge in [0.25, 0.3) is 0 Å². The lowest BCUT2D eigenvalue weighted by Crippen LogP contribution is -2.30. The quantitative estimate of drug-likeness (QED) is 0.298. The molecule has 0 unspecified atom stereocenters. The van der Waals surface area contributed by atoms with Crippen LogP contribution in [0, 0.1) is 0 Å². The van der Waals surface area contributed by atoms with Gasteiger partial charge in [-0.15, -0.1) is 0 Å². The Morgan fingerprint density at radius 2 is 1.60 bits per heavy atom. The molecule has 184 valence electrons. The van der Waals surface area contributed by atoms with E-state index < -0.39 is 27.3 Å². The van der Waals surface area contributed by atoms with Gasteiger partial charge in [-0.25, -0.2) is 4.98 Å².